The van der Waals surface area contributed by atoms with Crippen LogP contribution in [0.4, 0.5) is 0 Å². The van der Waals surface area contributed by atoms with E-state index in [1.165, 1.54) is 18.5 Å². The molecule has 0 bridgehead atoms. The molecule has 0 atom stereocenters. The van der Waals surface area contributed by atoms with Crippen molar-refractivity contribution in [2.75, 3.05) is 32.7 Å². The maximum atomic E-state index is 12.9. The number of ketones is 1. The van der Waals surface area contributed by atoms with Crippen molar-refractivity contribution in [3.8, 4) is 0 Å². The van der Waals surface area contributed by atoms with Crippen molar-refractivity contribution in [3.05, 3.63) is 56.8 Å². The molecule has 0 spiro atoms. The molecule has 2 aromatic rings. The number of carbonyl (C=O) groups excluding carboxylic acids is 2. The number of aryl methyl sites for hydroxylation is 1. The van der Waals surface area contributed by atoms with Crippen LogP contribution < -0.4 is 0 Å². The fraction of sp³-hybridized carbons (Fsp3) is 0.455. The smallest absolute Gasteiger partial charge is 0.253 e. The third-order valence-electron chi connectivity index (χ3n) is 5.89. The topological polar surface area (TPSA) is 45.6 Å². The van der Waals surface area contributed by atoms with Gasteiger partial charge in [0.25, 0.3) is 5.91 Å². The number of piperazine rings is 1. The molecule has 4 rings (SSSR count). The Bertz CT molecular complexity index is 957. The second-order valence-corrected chi connectivity index (χ2v) is 8.82. The van der Waals surface area contributed by atoms with Crippen molar-refractivity contribution in [1.29, 1.82) is 0 Å². The van der Waals surface area contributed by atoms with Gasteiger partial charge in [-0.3, -0.25) is 14.5 Å². The number of rotatable bonds is 5. The third kappa shape index (κ3) is 4.23. The van der Waals surface area contributed by atoms with E-state index in [9.17, 15) is 9.59 Å². The highest BCUT2D eigenvalue weighted by molar-refractivity contribution is 6.42. The van der Waals surface area contributed by atoms with Crippen LogP contribution in [-0.4, -0.2) is 58.8 Å². The standard InChI is InChI=1S/C22H25Cl2N3O2/c1-14-11-18(15(2)27(14)17-4-5-17)21(28)13-25-7-9-26(10-8-25)22(29)16-3-6-19(23)20(24)12-16/h3,6,11-12,17H,4-5,7-10,13H2,1-2H3. The molecule has 7 heteroatoms. The summed E-state index contributed by atoms with van der Waals surface area (Å²) in [5.74, 6) is 0.108. The Morgan fingerprint density at radius 3 is 2.31 bits per heavy atom. The van der Waals surface area contributed by atoms with Crippen LogP contribution in [0.25, 0.3) is 0 Å². The molecule has 29 heavy (non-hydrogen) atoms. The first-order valence-electron chi connectivity index (χ1n) is 10.0. The fourth-order valence-electron chi connectivity index (χ4n) is 4.16. The predicted molar refractivity (Wildman–Crippen MR) is 115 cm³/mol. The van der Waals surface area contributed by atoms with Crippen molar-refractivity contribution < 1.29 is 9.59 Å². The molecule has 0 N–H and O–H groups in total. The largest absolute Gasteiger partial charge is 0.345 e. The highest BCUT2D eigenvalue weighted by Gasteiger charge is 2.29. The van der Waals surface area contributed by atoms with Gasteiger partial charge in [-0.15, -0.1) is 0 Å². The van der Waals surface area contributed by atoms with Gasteiger partial charge in [0.05, 0.1) is 16.6 Å². The molecule has 2 fully saturated rings. The molecule has 1 saturated heterocycles. The minimum atomic E-state index is -0.0532. The van der Waals surface area contributed by atoms with Crippen LogP contribution >= 0.6 is 23.2 Å². The van der Waals surface area contributed by atoms with Gasteiger partial charge in [-0.05, 0) is 51.0 Å². The van der Waals surface area contributed by atoms with E-state index in [-0.39, 0.29) is 11.7 Å². The average Bonchev–Trinajstić information content (AvgIpc) is 3.48. The number of amides is 1. The highest BCUT2D eigenvalue weighted by Crippen LogP contribution is 2.38. The SMILES string of the molecule is Cc1cc(C(=O)CN2CCN(C(=O)c3ccc(Cl)c(Cl)c3)CC2)c(C)n1C1CC1. The molecule has 1 aliphatic heterocycles. The molecule has 2 heterocycles. The minimum Gasteiger partial charge on any atom is -0.345 e. The maximum Gasteiger partial charge on any atom is 0.253 e. The van der Waals surface area contributed by atoms with E-state index >= 15 is 0 Å². The van der Waals surface area contributed by atoms with E-state index in [0.29, 0.717) is 54.4 Å². The van der Waals surface area contributed by atoms with Gasteiger partial charge in [0.15, 0.2) is 5.78 Å². The summed E-state index contributed by atoms with van der Waals surface area (Å²) >= 11 is 12.0. The Hall–Kier alpha value is -1.82. The molecule has 1 aromatic carbocycles. The van der Waals surface area contributed by atoms with Crippen LogP contribution in [0.15, 0.2) is 24.3 Å². The quantitative estimate of drug-likeness (QED) is 0.656. The van der Waals surface area contributed by atoms with Crippen LogP contribution in [0.1, 0.15) is 51.0 Å². The first-order valence-corrected chi connectivity index (χ1v) is 10.8. The number of aromatic nitrogens is 1. The summed E-state index contributed by atoms with van der Waals surface area (Å²) in [7, 11) is 0. The molecule has 1 aliphatic carbocycles. The van der Waals surface area contributed by atoms with Gasteiger partial charge in [0.1, 0.15) is 0 Å². The van der Waals surface area contributed by atoms with Crippen LogP contribution in [0.3, 0.4) is 0 Å². The van der Waals surface area contributed by atoms with E-state index in [1.54, 1.807) is 23.1 Å². The lowest BCUT2D eigenvalue weighted by atomic mass is 10.1. The third-order valence-corrected chi connectivity index (χ3v) is 6.63. The minimum absolute atomic E-state index is 0.0532. The van der Waals surface area contributed by atoms with Crippen molar-refractivity contribution in [2.24, 2.45) is 0 Å². The summed E-state index contributed by atoms with van der Waals surface area (Å²) in [5.41, 5.74) is 3.63. The van der Waals surface area contributed by atoms with Crippen molar-refractivity contribution in [2.45, 2.75) is 32.7 Å². The van der Waals surface area contributed by atoms with E-state index in [4.69, 9.17) is 23.2 Å². The van der Waals surface area contributed by atoms with Crippen LogP contribution in [0.5, 0.6) is 0 Å². The Balaban J connectivity index is 1.35. The summed E-state index contributed by atoms with van der Waals surface area (Å²) in [6.07, 6.45) is 2.41. The zero-order valence-electron chi connectivity index (χ0n) is 16.8. The van der Waals surface area contributed by atoms with Gasteiger partial charge in [-0.1, -0.05) is 23.2 Å². The molecule has 154 valence electrons. The zero-order valence-corrected chi connectivity index (χ0v) is 18.3. The van der Waals surface area contributed by atoms with Crippen LogP contribution in [-0.2, 0) is 0 Å². The lowest BCUT2D eigenvalue weighted by molar-refractivity contribution is 0.0624. The normalized spacial score (nSPS) is 17.6. The average molecular weight is 434 g/mol. The maximum absolute atomic E-state index is 12.9. The van der Waals surface area contributed by atoms with E-state index < -0.39 is 0 Å². The lowest BCUT2D eigenvalue weighted by Gasteiger charge is -2.34. The molecule has 5 nitrogen and oxygen atoms in total. The molecule has 2 aliphatic rings. The van der Waals surface area contributed by atoms with Crippen molar-refractivity contribution in [3.63, 3.8) is 0 Å². The first kappa shape index (κ1) is 20.5. The molecule has 1 saturated carbocycles. The van der Waals surface area contributed by atoms with E-state index in [2.05, 4.69) is 16.4 Å². The Labute approximate surface area is 181 Å². The number of benzene rings is 1. The lowest BCUT2D eigenvalue weighted by Crippen LogP contribution is -2.49. The predicted octanol–water partition coefficient (Wildman–Crippen LogP) is 4.39. The van der Waals surface area contributed by atoms with Gasteiger partial charge in [-0.2, -0.15) is 0 Å². The molecule has 0 unspecified atom stereocenters. The first-order chi connectivity index (χ1) is 13.8. The summed E-state index contributed by atoms with van der Waals surface area (Å²) in [4.78, 5) is 29.5. The van der Waals surface area contributed by atoms with Crippen LogP contribution in [0.2, 0.25) is 10.0 Å². The number of hydrogen-bond donors (Lipinski definition) is 0. The van der Waals surface area contributed by atoms with E-state index in [1.807, 2.05) is 13.0 Å². The van der Waals surface area contributed by atoms with Gasteiger partial charge in [-0.25, -0.2) is 0 Å². The second kappa shape index (κ2) is 8.13. The molecule has 1 aromatic heterocycles. The van der Waals surface area contributed by atoms with Gasteiger partial charge in [0, 0.05) is 54.7 Å². The molecule has 0 radical (unpaired) electrons. The number of carbonyl (C=O) groups is 2. The Kier molecular flexibility index (Phi) is 5.74. The summed E-state index contributed by atoms with van der Waals surface area (Å²) in [6.45, 7) is 7.06. The molecular formula is C22H25Cl2N3O2. The summed E-state index contributed by atoms with van der Waals surface area (Å²) < 4.78 is 2.31. The van der Waals surface area contributed by atoms with Crippen LogP contribution in [0, 0.1) is 13.8 Å². The molecular weight excluding hydrogens is 409 g/mol. The van der Waals surface area contributed by atoms with Crippen molar-refractivity contribution >= 4 is 34.9 Å². The number of halogens is 2. The van der Waals surface area contributed by atoms with Gasteiger partial charge in [0.2, 0.25) is 0 Å². The van der Waals surface area contributed by atoms with Crippen molar-refractivity contribution in [1.82, 2.24) is 14.4 Å². The van der Waals surface area contributed by atoms with Gasteiger partial charge >= 0.3 is 0 Å². The Morgan fingerprint density at radius 2 is 1.69 bits per heavy atom. The number of nitrogens with zero attached hydrogens (tertiary/aromatic N) is 3. The summed E-state index contributed by atoms with van der Waals surface area (Å²) in [5, 5.41) is 0.818. The van der Waals surface area contributed by atoms with Gasteiger partial charge < -0.3 is 9.47 Å². The fourth-order valence-corrected chi connectivity index (χ4v) is 4.46. The second-order valence-electron chi connectivity index (χ2n) is 8.01. The molecule has 1 amide bonds. The zero-order chi connectivity index (χ0) is 20.7. The number of Topliss-reactive ketones (excluding diaryl/α,β-unsaturated/α-hetero) is 1. The monoisotopic (exact) mass is 433 g/mol. The highest BCUT2D eigenvalue weighted by atomic mass is 35.5. The Morgan fingerprint density at radius 1 is 1.00 bits per heavy atom. The number of hydrogen-bond acceptors (Lipinski definition) is 3. The summed E-state index contributed by atoms with van der Waals surface area (Å²) in [6, 6.07) is 7.55. The van der Waals surface area contributed by atoms with E-state index in [0.717, 1.165) is 11.3 Å².